The fourth-order valence-corrected chi connectivity index (χ4v) is 4.56. The van der Waals surface area contributed by atoms with E-state index in [-0.39, 0.29) is 17.8 Å². The van der Waals surface area contributed by atoms with Gasteiger partial charge in [0.05, 0.1) is 20.3 Å². The lowest BCUT2D eigenvalue weighted by Crippen LogP contribution is -3.12. The van der Waals surface area contributed by atoms with Gasteiger partial charge in [0.25, 0.3) is 5.91 Å². The Morgan fingerprint density at radius 2 is 2.00 bits per heavy atom. The molecule has 0 radical (unpaired) electrons. The molecule has 33 heavy (non-hydrogen) atoms. The monoisotopic (exact) mass is 458 g/mol. The minimum absolute atomic E-state index is 0.0976. The number of rotatable bonds is 8. The molecule has 0 aliphatic carbocycles. The van der Waals surface area contributed by atoms with Gasteiger partial charge in [-0.25, -0.2) is 4.39 Å². The molecular formula is C25H33FN3O4+. The number of amides is 1. The summed E-state index contributed by atoms with van der Waals surface area (Å²) in [5, 5.41) is 0. The number of carbonyl (C=O) groups is 1. The van der Waals surface area contributed by atoms with Crippen LogP contribution in [0.4, 0.5) is 4.39 Å². The quantitative estimate of drug-likeness (QED) is 0.649. The second-order valence-corrected chi connectivity index (χ2v) is 8.91. The SMILES string of the molecule is COc1ccc(C[NH+]2CC(=O)N(CC3CCOCC3)CC(OCc3ccncc3)C2)c(F)c1. The molecule has 2 unspecified atom stereocenters. The number of quaternary nitrogens is 1. The lowest BCUT2D eigenvalue weighted by Gasteiger charge is -2.29. The summed E-state index contributed by atoms with van der Waals surface area (Å²) in [6.07, 6.45) is 5.30. The van der Waals surface area contributed by atoms with Crippen LogP contribution in [0.3, 0.4) is 0 Å². The fraction of sp³-hybridized carbons (Fsp3) is 0.520. The highest BCUT2D eigenvalue weighted by molar-refractivity contribution is 5.77. The molecule has 2 saturated heterocycles. The molecule has 178 valence electrons. The summed E-state index contributed by atoms with van der Waals surface area (Å²) in [4.78, 5) is 20.2. The molecule has 7 nitrogen and oxygen atoms in total. The van der Waals surface area contributed by atoms with Gasteiger partial charge in [0, 0.05) is 43.8 Å². The van der Waals surface area contributed by atoms with Crippen molar-refractivity contribution in [3.8, 4) is 5.75 Å². The van der Waals surface area contributed by atoms with E-state index in [2.05, 4.69) is 4.98 Å². The number of aromatic nitrogens is 1. The number of benzene rings is 1. The molecule has 0 spiro atoms. The Morgan fingerprint density at radius 3 is 2.73 bits per heavy atom. The predicted octanol–water partition coefficient (Wildman–Crippen LogP) is 1.47. The molecular weight excluding hydrogens is 425 g/mol. The van der Waals surface area contributed by atoms with E-state index in [9.17, 15) is 9.18 Å². The molecule has 8 heteroatoms. The second-order valence-electron chi connectivity index (χ2n) is 8.91. The average Bonchev–Trinajstić information content (AvgIpc) is 2.98. The van der Waals surface area contributed by atoms with E-state index in [1.165, 1.54) is 13.2 Å². The van der Waals surface area contributed by atoms with Gasteiger partial charge < -0.3 is 24.0 Å². The average molecular weight is 459 g/mol. The maximum absolute atomic E-state index is 14.6. The minimum Gasteiger partial charge on any atom is -0.497 e. The lowest BCUT2D eigenvalue weighted by atomic mass is 9.99. The molecule has 3 heterocycles. The summed E-state index contributed by atoms with van der Waals surface area (Å²) in [6, 6.07) is 8.75. The van der Waals surface area contributed by atoms with Crippen molar-refractivity contribution in [2.75, 3.05) is 46.5 Å². The molecule has 2 aromatic rings. The van der Waals surface area contributed by atoms with Crippen LogP contribution >= 0.6 is 0 Å². The first-order valence-electron chi connectivity index (χ1n) is 11.6. The van der Waals surface area contributed by atoms with Crippen molar-refractivity contribution in [3.63, 3.8) is 0 Å². The zero-order chi connectivity index (χ0) is 23.0. The molecule has 0 saturated carbocycles. The summed E-state index contributed by atoms with van der Waals surface area (Å²) in [5.41, 5.74) is 1.61. The first kappa shape index (κ1) is 23.6. The van der Waals surface area contributed by atoms with Crippen LogP contribution in [0.1, 0.15) is 24.0 Å². The van der Waals surface area contributed by atoms with Gasteiger partial charge in [-0.05, 0) is 48.6 Å². The predicted molar refractivity (Wildman–Crippen MR) is 120 cm³/mol. The third-order valence-electron chi connectivity index (χ3n) is 6.45. The lowest BCUT2D eigenvalue weighted by molar-refractivity contribution is -0.908. The summed E-state index contributed by atoms with van der Waals surface area (Å²) in [7, 11) is 1.52. The Bertz CT molecular complexity index is 908. The topological polar surface area (TPSA) is 65.3 Å². The van der Waals surface area contributed by atoms with E-state index in [1.807, 2.05) is 17.0 Å². The fourth-order valence-electron chi connectivity index (χ4n) is 4.56. The normalized spacial score (nSPS) is 22.2. The largest absolute Gasteiger partial charge is 0.497 e. The summed E-state index contributed by atoms with van der Waals surface area (Å²) in [5.74, 6) is 0.718. The van der Waals surface area contributed by atoms with Crippen LogP contribution in [0.25, 0.3) is 0 Å². The molecule has 4 rings (SSSR count). The van der Waals surface area contributed by atoms with Crippen LogP contribution in [-0.2, 0) is 27.4 Å². The Morgan fingerprint density at radius 1 is 1.21 bits per heavy atom. The zero-order valence-corrected chi connectivity index (χ0v) is 19.2. The van der Waals surface area contributed by atoms with Gasteiger partial charge in [0.2, 0.25) is 0 Å². The highest BCUT2D eigenvalue weighted by Crippen LogP contribution is 2.18. The first-order valence-corrected chi connectivity index (χ1v) is 11.6. The number of carbonyl (C=O) groups excluding carboxylic acids is 1. The molecule has 2 fully saturated rings. The van der Waals surface area contributed by atoms with E-state index >= 15 is 0 Å². The van der Waals surface area contributed by atoms with Crippen LogP contribution < -0.4 is 9.64 Å². The minimum atomic E-state index is -0.313. The van der Waals surface area contributed by atoms with Crippen LogP contribution in [0.15, 0.2) is 42.7 Å². The summed E-state index contributed by atoms with van der Waals surface area (Å²) < 4.78 is 31.5. The Labute approximate surface area is 194 Å². The van der Waals surface area contributed by atoms with Crippen molar-refractivity contribution in [3.05, 3.63) is 59.7 Å². The number of halogens is 1. The van der Waals surface area contributed by atoms with E-state index < -0.39 is 0 Å². The number of pyridine rings is 1. The maximum atomic E-state index is 14.6. The number of ether oxygens (including phenoxy) is 3. The van der Waals surface area contributed by atoms with Crippen molar-refractivity contribution in [2.24, 2.45) is 5.92 Å². The molecule has 2 aliphatic rings. The first-order chi connectivity index (χ1) is 16.1. The smallest absolute Gasteiger partial charge is 0.277 e. The van der Waals surface area contributed by atoms with Crippen molar-refractivity contribution in [1.29, 1.82) is 0 Å². The Kier molecular flexibility index (Phi) is 8.25. The summed E-state index contributed by atoms with van der Waals surface area (Å²) in [6.45, 7) is 4.61. The van der Waals surface area contributed by atoms with Gasteiger partial charge in [0.15, 0.2) is 6.54 Å². The van der Waals surface area contributed by atoms with E-state index in [4.69, 9.17) is 14.2 Å². The molecule has 2 aliphatic heterocycles. The van der Waals surface area contributed by atoms with Gasteiger partial charge in [0.1, 0.15) is 30.8 Å². The van der Waals surface area contributed by atoms with E-state index in [1.54, 1.807) is 24.5 Å². The van der Waals surface area contributed by atoms with Gasteiger partial charge in [-0.3, -0.25) is 9.78 Å². The Balaban J connectivity index is 1.46. The van der Waals surface area contributed by atoms with Gasteiger partial charge in [-0.15, -0.1) is 0 Å². The maximum Gasteiger partial charge on any atom is 0.277 e. The molecule has 0 bridgehead atoms. The third-order valence-corrected chi connectivity index (χ3v) is 6.45. The van der Waals surface area contributed by atoms with Gasteiger partial charge >= 0.3 is 0 Å². The number of nitrogens with zero attached hydrogens (tertiary/aromatic N) is 2. The van der Waals surface area contributed by atoms with Crippen molar-refractivity contribution in [2.45, 2.75) is 32.1 Å². The zero-order valence-electron chi connectivity index (χ0n) is 19.2. The molecule has 1 N–H and O–H groups in total. The van der Waals surface area contributed by atoms with Gasteiger partial charge in [-0.1, -0.05) is 0 Å². The number of hydrogen-bond acceptors (Lipinski definition) is 5. The standard InChI is InChI=1S/C25H32FN3O4/c1-31-22-3-2-21(24(26)12-22)14-28-15-23(33-18-20-4-8-27-9-5-20)16-29(25(30)17-28)13-19-6-10-32-11-7-19/h2-5,8-9,12,19,23H,6-7,10-11,13-18H2,1H3/p+1. The Hall–Kier alpha value is -2.55. The van der Waals surface area contributed by atoms with E-state index in [0.717, 1.165) is 43.1 Å². The van der Waals surface area contributed by atoms with Crippen LogP contribution in [-0.4, -0.2) is 68.4 Å². The highest BCUT2D eigenvalue weighted by Gasteiger charge is 2.33. The number of nitrogens with one attached hydrogen (secondary N) is 1. The molecule has 2 atom stereocenters. The van der Waals surface area contributed by atoms with Crippen molar-refractivity contribution in [1.82, 2.24) is 9.88 Å². The van der Waals surface area contributed by atoms with Crippen molar-refractivity contribution < 1.29 is 28.3 Å². The van der Waals surface area contributed by atoms with E-state index in [0.29, 0.717) is 50.0 Å². The van der Waals surface area contributed by atoms with Crippen molar-refractivity contribution >= 4 is 5.91 Å². The molecule has 1 aromatic carbocycles. The molecule has 1 aromatic heterocycles. The second kappa shape index (κ2) is 11.5. The van der Waals surface area contributed by atoms with Crippen LogP contribution in [0.2, 0.25) is 0 Å². The number of methoxy groups -OCH3 is 1. The molecule has 1 amide bonds. The van der Waals surface area contributed by atoms with Crippen LogP contribution in [0.5, 0.6) is 5.75 Å². The third kappa shape index (κ3) is 6.72. The number of hydrogen-bond donors (Lipinski definition) is 1. The highest BCUT2D eigenvalue weighted by atomic mass is 19.1. The summed E-state index contributed by atoms with van der Waals surface area (Å²) >= 11 is 0. The van der Waals surface area contributed by atoms with Crippen LogP contribution in [0, 0.1) is 11.7 Å². The van der Waals surface area contributed by atoms with Gasteiger partial charge in [-0.2, -0.15) is 0 Å².